The fourth-order valence-corrected chi connectivity index (χ4v) is 7.97. The number of amides is 2. The molecular formula is C35H50I2N4O3. The maximum Gasteiger partial charge on any atom is 0.230 e. The molecule has 0 saturated carbocycles. The maximum absolute atomic E-state index is 13.4. The Balaban J connectivity index is 0.00000264. The van der Waals surface area contributed by atoms with Gasteiger partial charge in [-0.1, -0.05) is 26.0 Å². The van der Waals surface area contributed by atoms with Gasteiger partial charge in [-0.15, -0.1) is 0 Å². The minimum atomic E-state index is -0.0680. The Morgan fingerprint density at radius 1 is 0.682 bits per heavy atom. The summed E-state index contributed by atoms with van der Waals surface area (Å²) in [7, 11) is 4.58. The van der Waals surface area contributed by atoms with Crippen LogP contribution < -0.4 is 58.6 Å². The van der Waals surface area contributed by atoms with Crippen LogP contribution in [0.25, 0.3) is 11.1 Å². The van der Waals surface area contributed by atoms with Crippen molar-refractivity contribution in [3.63, 3.8) is 0 Å². The van der Waals surface area contributed by atoms with Crippen molar-refractivity contribution in [3.05, 3.63) is 47.5 Å². The van der Waals surface area contributed by atoms with Gasteiger partial charge in [0.25, 0.3) is 0 Å². The number of carbonyl (C=O) groups excluding carboxylic acids is 3. The molecule has 3 aliphatic rings. The van der Waals surface area contributed by atoms with E-state index in [0.717, 1.165) is 59.1 Å². The molecule has 2 fully saturated rings. The highest BCUT2D eigenvalue weighted by atomic mass is 127. The molecule has 7 nitrogen and oxygen atoms in total. The molecule has 4 unspecified atom stereocenters. The molecule has 0 bridgehead atoms. The van der Waals surface area contributed by atoms with Crippen LogP contribution in [0.15, 0.2) is 36.4 Å². The molecule has 2 aromatic rings. The Labute approximate surface area is 298 Å². The van der Waals surface area contributed by atoms with E-state index in [2.05, 4.69) is 38.6 Å². The number of piperidine rings is 2. The van der Waals surface area contributed by atoms with Gasteiger partial charge < -0.3 is 67.6 Å². The van der Waals surface area contributed by atoms with Crippen LogP contribution in [-0.4, -0.2) is 78.9 Å². The van der Waals surface area contributed by atoms with E-state index in [-0.39, 0.29) is 65.6 Å². The average Bonchev–Trinajstić information content (AvgIpc) is 3.26. The lowest BCUT2D eigenvalue weighted by atomic mass is 9.96. The predicted molar refractivity (Wildman–Crippen MR) is 170 cm³/mol. The maximum atomic E-state index is 13.4. The Morgan fingerprint density at radius 2 is 1.09 bits per heavy atom. The third kappa shape index (κ3) is 8.04. The first kappa shape index (κ1) is 36.9. The summed E-state index contributed by atoms with van der Waals surface area (Å²) in [6, 6.07) is 12.5. The number of nitrogens with zero attached hydrogens (tertiary/aromatic N) is 2. The normalized spacial score (nSPS) is 25.6. The monoisotopic (exact) mass is 828 g/mol. The van der Waals surface area contributed by atoms with Crippen LogP contribution >= 0.6 is 0 Å². The first-order valence-corrected chi connectivity index (χ1v) is 16.3. The number of rotatable bonds is 10. The summed E-state index contributed by atoms with van der Waals surface area (Å²) in [5.41, 5.74) is 4.25. The molecule has 44 heavy (non-hydrogen) atoms. The summed E-state index contributed by atoms with van der Waals surface area (Å²) < 4.78 is 1.94. The molecule has 2 amide bonds. The molecule has 0 spiro atoms. The summed E-state index contributed by atoms with van der Waals surface area (Å²) >= 11 is 0. The van der Waals surface area contributed by atoms with Crippen molar-refractivity contribution in [1.82, 2.24) is 0 Å². The van der Waals surface area contributed by atoms with Crippen LogP contribution in [0.4, 0.5) is 11.4 Å². The Morgan fingerprint density at radius 3 is 1.48 bits per heavy atom. The van der Waals surface area contributed by atoms with E-state index in [1.807, 2.05) is 24.3 Å². The van der Waals surface area contributed by atoms with Crippen LogP contribution in [0.2, 0.25) is 0 Å². The molecular weight excluding hydrogens is 778 g/mol. The first-order chi connectivity index (χ1) is 20.2. The molecule has 0 radical (unpaired) electrons. The van der Waals surface area contributed by atoms with Crippen molar-refractivity contribution in [2.75, 3.05) is 50.9 Å². The second-order valence-electron chi connectivity index (χ2n) is 13.4. The predicted octanol–water partition coefficient (Wildman–Crippen LogP) is 0.381. The van der Waals surface area contributed by atoms with Crippen LogP contribution in [0.3, 0.4) is 0 Å². The minimum absolute atomic E-state index is 0. The van der Waals surface area contributed by atoms with E-state index in [1.54, 1.807) is 12.1 Å². The molecule has 2 heterocycles. The van der Waals surface area contributed by atoms with Crippen molar-refractivity contribution < 1.29 is 71.3 Å². The Bertz CT molecular complexity index is 1250. The number of benzene rings is 2. The Hall–Kier alpha value is -1.57. The van der Waals surface area contributed by atoms with Crippen molar-refractivity contribution in [2.45, 2.75) is 90.1 Å². The molecule has 2 aromatic carbocycles. The lowest BCUT2D eigenvalue weighted by Gasteiger charge is -2.44. The van der Waals surface area contributed by atoms with Gasteiger partial charge in [0.1, 0.15) is 0 Å². The molecule has 1 aliphatic carbocycles. The third-order valence-corrected chi connectivity index (χ3v) is 10.7. The molecule has 0 aromatic heterocycles. The van der Waals surface area contributed by atoms with Gasteiger partial charge in [0.05, 0.1) is 65.2 Å². The van der Waals surface area contributed by atoms with E-state index in [0.29, 0.717) is 47.4 Å². The summed E-state index contributed by atoms with van der Waals surface area (Å²) in [5, 5.41) is 6.08. The van der Waals surface area contributed by atoms with Crippen molar-refractivity contribution in [1.29, 1.82) is 0 Å². The number of nitrogens with one attached hydrogen (secondary N) is 2. The molecule has 5 rings (SSSR count). The standard InChI is InChI=1S/C35H48N4O3.2HI/c1-5-27-11-7-9-19-38(27,3)21-17-33(40)36-25-13-15-29-30-16-14-26(24-32(30)35(42)31(29)23-25)37-34(41)18-22-39(4)20-10-8-12-28(39)6-2;;/h13-16,23-24,27-28H,5-12,17-22H2,1-4H3;2*1H. The number of hydrogen-bond acceptors (Lipinski definition) is 3. The third-order valence-electron chi connectivity index (χ3n) is 10.7. The van der Waals surface area contributed by atoms with Gasteiger partial charge in [-0.3, -0.25) is 14.4 Å². The molecule has 242 valence electrons. The van der Waals surface area contributed by atoms with Crippen molar-refractivity contribution in [3.8, 4) is 11.1 Å². The molecule has 4 atom stereocenters. The van der Waals surface area contributed by atoms with Gasteiger partial charge in [-0.05, 0) is 86.8 Å². The largest absolute Gasteiger partial charge is 1.00 e. The smallest absolute Gasteiger partial charge is 0.230 e. The van der Waals surface area contributed by atoms with Crippen molar-refractivity contribution in [2.24, 2.45) is 0 Å². The zero-order chi connectivity index (χ0) is 29.9. The molecule has 2 N–H and O–H groups in total. The highest BCUT2D eigenvalue weighted by molar-refractivity contribution is 6.22. The minimum Gasteiger partial charge on any atom is -1.00 e. The number of likely N-dealkylation sites (tertiary alicyclic amines) is 2. The number of ketones is 1. The van der Waals surface area contributed by atoms with Gasteiger partial charge in [0.2, 0.25) is 11.8 Å². The summed E-state index contributed by atoms with van der Waals surface area (Å²) in [5.74, 6) is -0.0798. The second kappa shape index (κ2) is 15.8. The highest BCUT2D eigenvalue weighted by Gasteiger charge is 2.35. The average molecular weight is 829 g/mol. The molecule has 9 heteroatoms. The first-order valence-electron chi connectivity index (χ1n) is 16.3. The quantitative estimate of drug-likeness (QED) is 0.230. The number of quaternary nitrogens is 2. The van der Waals surface area contributed by atoms with Gasteiger partial charge in [-0.2, -0.15) is 0 Å². The number of fused-ring (bicyclic) bond motifs is 3. The van der Waals surface area contributed by atoms with Crippen LogP contribution in [0.1, 0.15) is 94.0 Å². The number of hydrogen-bond donors (Lipinski definition) is 2. The van der Waals surface area contributed by atoms with E-state index >= 15 is 0 Å². The highest BCUT2D eigenvalue weighted by Crippen LogP contribution is 2.39. The SMILES string of the molecule is CCC1CCCC[N+]1(C)CCC(=O)Nc1ccc2c(c1)C(=O)c1cc(NC(=O)CC[N+]3(C)CCCCC3CC)ccc1-2.[I-].[I-]. The number of halogens is 2. The van der Waals surface area contributed by atoms with Gasteiger partial charge in [0.15, 0.2) is 5.78 Å². The van der Waals surface area contributed by atoms with E-state index in [1.165, 1.54) is 38.5 Å². The summed E-state index contributed by atoms with van der Waals surface area (Å²) in [4.78, 5) is 39.2. The summed E-state index contributed by atoms with van der Waals surface area (Å²) in [6.45, 7) is 8.46. The lowest BCUT2D eigenvalue weighted by molar-refractivity contribution is -0.937. The number of anilines is 2. The molecule has 2 aliphatic heterocycles. The Kier molecular flexibility index (Phi) is 13.3. The van der Waals surface area contributed by atoms with Crippen LogP contribution in [0.5, 0.6) is 0 Å². The van der Waals surface area contributed by atoms with Gasteiger partial charge in [-0.25, -0.2) is 0 Å². The second-order valence-corrected chi connectivity index (χ2v) is 13.4. The summed E-state index contributed by atoms with van der Waals surface area (Å²) in [6.07, 6.45) is 10.8. The van der Waals surface area contributed by atoms with E-state index in [4.69, 9.17) is 0 Å². The lowest BCUT2D eigenvalue weighted by Crippen LogP contribution is -3.00. The van der Waals surface area contributed by atoms with E-state index < -0.39 is 0 Å². The molecule has 2 saturated heterocycles. The van der Waals surface area contributed by atoms with Crippen LogP contribution in [-0.2, 0) is 9.59 Å². The van der Waals surface area contributed by atoms with Crippen molar-refractivity contribution >= 4 is 29.0 Å². The zero-order valence-corrected chi connectivity index (χ0v) is 31.2. The fourth-order valence-electron chi connectivity index (χ4n) is 7.97. The van der Waals surface area contributed by atoms with Gasteiger partial charge in [0, 0.05) is 22.5 Å². The van der Waals surface area contributed by atoms with E-state index in [9.17, 15) is 14.4 Å². The van der Waals surface area contributed by atoms with Gasteiger partial charge >= 0.3 is 0 Å². The zero-order valence-electron chi connectivity index (χ0n) is 26.9. The fraction of sp³-hybridized carbons (Fsp3) is 0.571. The van der Waals surface area contributed by atoms with Crippen LogP contribution in [0, 0.1) is 0 Å². The number of carbonyl (C=O) groups is 3. The topological polar surface area (TPSA) is 75.3 Å².